The van der Waals surface area contributed by atoms with E-state index in [2.05, 4.69) is 5.32 Å². The number of pyridine rings is 1. The van der Waals surface area contributed by atoms with E-state index in [1.54, 1.807) is 62.0 Å². The molecule has 2 N–H and O–H groups in total. The van der Waals surface area contributed by atoms with Gasteiger partial charge in [0.05, 0.1) is 16.9 Å². The van der Waals surface area contributed by atoms with E-state index in [1.807, 2.05) is 18.2 Å². The van der Waals surface area contributed by atoms with Gasteiger partial charge in [-0.2, -0.15) is 0 Å². The number of rotatable bonds is 4. The van der Waals surface area contributed by atoms with Gasteiger partial charge in [-0.05, 0) is 38.1 Å². The first kappa shape index (κ1) is 20.2. The van der Waals surface area contributed by atoms with Crippen LogP contribution in [-0.4, -0.2) is 24.9 Å². The molecule has 0 spiro atoms. The predicted octanol–water partition coefficient (Wildman–Crippen LogP) is 2.78. The lowest BCUT2D eigenvalue weighted by molar-refractivity contribution is 0.102. The zero-order valence-corrected chi connectivity index (χ0v) is 17.4. The van der Waals surface area contributed by atoms with Crippen molar-refractivity contribution >= 4 is 22.5 Å². The predicted molar refractivity (Wildman–Crippen MR) is 119 cm³/mol. The molecule has 158 valence electrons. The van der Waals surface area contributed by atoms with Crippen LogP contribution < -0.4 is 16.4 Å². The van der Waals surface area contributed by atoms with Gasteiger partial charge in [0.25, 0.3) is 17.0 Å². The second kappa shape index (κ2) is 7.64. The molecule has 0 saturated heterocycles. The number of amides is 1. The van der Waals surface area contributed by atoms with Crippen LogP contribution in [0.3, 0.4) is 0 Å². The summed E-state index contributed by atoms with van der Waals surface area (Å²) < 4.78 is 4.47. The van der Waals surface area contributed by atoms with Crippen LogP contribution in [0.2, 0.25) is 0 Å². The number of hydrogen-bond acceptors (Lipinski definition) is 4. The monoisotopic (exact) mass is 418 g/mol. The van der Waals surface area contributed by atoms with Crippen LogP contribution in [0.15, 0.2) is 64.2 Å². The summed E-state index contributed by atoms with van der Waals surface area (Å²) in [5.41, 5.74) is 0.287. The van der Waals surface area contributed by atoms with Crippen LogP contribution in [0.1, 0.15) is 23.0 Å². The fourth-order valence-corrected chi connectivity index (χ4v) is 3.80. The molecule has 1 amide bonds. The molecule has 0 unspecified atom stereocenters. The van der Waals surface area contributed by atoms with Crippen LogP contribution >= 0.6 is 0 Å². The zero-order chi connectivity index (χ0) is 22.3. The molecule has 2 aromatic heterocycles. The van der Waals surface area contributed by atoms with Crippen LogP contribution in [-0.2, 0) is 13.6 Å². The quantitative estimate of drug-likeness (QED) is 0.532. The Kier molecular flexibility index (Phi) is 4.98. The highest BCUT2D eigenvalue weighted by atomic mass is 16.3. The summed E-state index contributed by atoms with van der Waals surface area (Å²) in [5.74, 6) is -1.23. The fourth-order valence-electron chi connectivity index (χ4n) is 3.80. The van der Waals surface area contributed by atoms with Crippen molar-refractivity contribution in [1.82, 2.24) is 13.9 Å². The number of anilines is 1. The van der Waals surface area contributed by atoms with Gasteiger partial charge in [0.15, 0.2) is 0 Å². The van der Waals surface area contributed by atoms with Crippen molar-refractivity contribution in [2.45, 2.75) is 20.4 Å². The molecule has 31 heavy (non-hydrogen) atoms. The molecule has 0 atom stereocenters. The molecule has 8 heteroatoms. The Bertz CT molecular complexity index is 1430. The summed E-state index contributed by atoms with van der Waals surface area (Å²) in [7, 11) is 1.71. The molecular formula is C23H22N4O4. The number of nitrogens with one attached hydrogen (secondary N) is 1. The summed E-state index contributed by atoms with van der Waals surface area (Å²) in [6.45, 7) is 3.80. The highest BCUT2D eigenvalue weighted by Gasteiger charge is 2.25. The van der Waals surface area contributed by atoms with Gasteiger partial charge in [0.1, 0.15) is 17.0 Å². The molecule has 8 nitrogen and oxygen atoms in total. The van der Waals surface area contributed by atoms with Crippen LogP contribution in [0, 0.1) is 6.92 Å². The Morgan fingerprint density at radius 1 is 1.00 bits per heavy atom. The van der Waals surface area contributed by atoms with Crippen LogP contribution in [0.4, 0.5) is 5.69 Å². The lowest BCUT2D eigenvalue weighted by atomic mass is 10.1. The van der Waals surface area contributed by atoms with E-state index in [1.165, 1.54) is 9.25 Å². The van der Waals surface area contributed by atoms with E-state index in [4.69, 9.17) is 0 Å². The number of hydrogen-bond donors (Lipinski definition) is 2. The van der Waals surface area contributed by atoms with Crippen molar-refractivity contribution in [3.8, 4) is 11.4 Å². The van der Waals surface area contributed by atoms with Crippen molar-refractivity contribution in [3.05, 3.63) is 86.6 Å². The van der Waals surface area contributed by atoms with Crippen molar-refractivity contribution in [1.29, 1.82) is 0 Å². The molecule has 4 aromatic rings. The van der Waals surface area contributed by atoms with Crippen molar-refractivity contribution < 1.29 is 9.90 Å². The smallest absolute Gasteiger partial charge is 0.295 e. The SMILES string of the molecule is CCn1c(=O)c(C(=O)Nc2c(C)n(C)n(-c3ccccc3)c2=O)c(O)c2ccccc21. The van der Waals surface area contributed by atoms with Gasteiger partial charge in [-0.1, -0.05) is 30.3 Å². The highest BCUT2D eigenvalue weighted by Crippen LogP contribution is 2.27. The van der Waals surface area contributed by atoms with Gasteiger partial charge < -0.3 is 15.0 Å². The van der Waals surface area contributed by atoms with Crippen molar-refractivity contribution in [2.24, 2.45) is 7.05 Å². The molecular weight excluding hydrogens is 396 g/mol. The van der Waals surface area contributed by atoms with Gasteiger partial charge in [0.2, 0.25) is 0 Å². The number of aryl methyl sites for hydroxylation is 1. The molecule has 0 aliphatic carbocycles. The van der Waals surface area contributed by atoms with E-state index < -0.39 is 28.3 Å². The maximum Gasteiger partial charge on any atom is 0.295 e. The molecule has 2 heterocycles. The second-order valence-electron chi connectivity index (χ2n) is 7.18. The first-order valence-corrected chi connectivity index (χ1v) is 9.86. The maximum absolute atomic E-state index is 13.1. The lowest BCUT2D eigenvalue weighted by Crippen LogP contribution is -2.30. The minimum atomic E-state index is -0.832. The van der Waals surface area contributed by atoms with Crippen molar-refractivity contribution in [3.63, 3.8) is 0 Å². The van der Waals surface area contributed by atoms with Crippen LogP contribution in [0.25, 0.3) is 16.6 Å². The van der Waals surface area contributed by atoms with Gasteiger partial charge in [0, 0.05) is 19.0 Å². The Balaban J connectivity index is 1.85. The number of nitrogens with zero attached hydrogens (tertiary/aromatic N) is 3. The van der Waals surface area contributed by atoms with Gasteiger partial charge in [-0.15, -0.1) is 0 Å². The molecule has 2 aromatic carbocycles. The molecule has 0 aliphatic rings. The summed E-state index contributed by atoms with van der Waals surface area (Å²) in [5, 5.41) is 13.7. The minimum absolute atomic E-state index is 0.0476. The summed E-state index contributed by atoms with van der Waals surface area (Å²) in [4.78, 5) is 39.1. The van der Waals surface area contributed by atoms with Crippen LogP contribution in [0.5, 0.6) is 5.75 Å². The third kappa shape index (κ3) is 3.13. The minimum Gasteiger partial charge on any atom is -0.506 e. The number of carbonyl (C=O) groups is 1. The second-order valence-corrected chi connectivity index (χ2v) is 7.18. The van der Waals surface area contributed by atoms with Gasteiger partial charge in [-0.25, -0.2) is 4.68 Å². The lowest BCUT2D eigenvalue weighted by Gasteiger charge is -2.13. The Morgan fingerprint density at radius 2 is 1.65 bits per heavy atom. The Labute approximate surface area is 177 Å². The number of para-hydroxylation sites is 2. The first-order chi connectivity index (χ1) is 14.9. The summed E-state index contributed by atoms with van der Waals surface area (Å²) in [6, 6.07) is 15.8. The number of aromatic nitrogens is 3. The topological polar surface area (TPSA) is 98.3 Å². The average molecular weight is 418 g/mol. The van der Waals surface area contributed by atoms with Gasteiger partial charge in [-0.3, -0.25) is 19.1 Å². The molecule has 0 saturated carbocycles. The molecule has 0 aliphatic heterocycles. The Morgan fingerprint density at radius 3 is 2.32 bits per heavy atom. The third-order valence-electron chi connectivity index (χ3n) is 5.48. The largest absolute Gasteiger partial charge is 0.506 e. The normalized spacial score (nSPS) is 11.1. The van der Waals surface area contributed by atoms with E-state index in [0.717, 1.165) is 0 Å². The molecule has 4 rings (SSSR count). The number of aromatic hydroxyl groups is 1. The summed E-state index contributed by atoms with van der Waals surface area (Å²) >= 11 is 0. The first-order valence-electron chi connectivity index (χ1n) is 9.86. The zero-order valence-electron chi connectivity index (χ0n) is 17.4. The number of fused-ring (bicyclic) bond motifs is 1. The Hall–Kier alpha value is -4.07. The van der Waals surface area contributed by atoms with E-state index in [-0.39, 0.29) is 5.69 Å². The van der Waals surface area contributed by atoms with E-state index >= 15 is 0 Å². The number of carbonyl (C=O) groups excluding carboxylic acids is 1. The van der Waals surface area contributed by atoms with E-state index in [0.29, 0.717) is 28.8 Å². The highest BCUT2D eigenvalue weighted by molar-refractivity contribution is 6.09. The fraction of sp³-hybridized carbons (Fsp3) is 0.174. The molecule has 0 fully saturated rings. The van der Waals surface area contributed by atoms with Crippen molar-refractivity contribution in [2.75, 3.05) is 5.32 Å². The number of benzene rings is 2. The summed E-state index contributed by atoms with van der Waals surface area (Å²) in [6.07, 6.45) is 0. The molecule has 0 bridgehead atoms. The van der Waals surface area contributed by atoms with E-state index in [9.17, 15) is 19.5 Å². The maximum atomic E-state index is 13.1. The third-order valence-corrected chi connectivity index (χ3v) is 5.48. The average Bonchev–Trinajstić information content (AvgIpc) is 2.98. The van der Waals surface area contributed by atoms with Gasteiger partial charge >= 0.3 is 0 Å². The molecule has 0 radical (unpaired) electrons. The standard InChI is InChI=1S/C23H22N4O4/c1-4-26-17-13-9-8-12-16(17)20(28)18(22(26)30)21(29)24-19-14(2)25(3)27(23(19)31)15-10-6-5-7-11-15/h5-13,28H,4H2,1-3H3,(H,24,29).